The van der Waals surface area contributed by atoms with Gasteiger partial charge in [0.25, 0.3) is 0 Å². The number of anilines is 2. The molecule has 0 fully saturated rings. The van der Waals surface area contributed by atoms with Gasteiger partial charge in [0.05, 0.1) is 34.7 Å². The van der Waals surface area contributed by atoms with Gasteiger partial charge < -0.3 is 4.90 Å². The second-order valence-corrected chi connectivity index (χ2v) is 10.3. The van der Waals surface area contributed by atoms with Crippen molar-refractivity contribution in [3.8, 4) is 0 Å². The molecule has 0 aromatic heterocycles. The summed E-state index contributed by atoms with van der Waals surface area (Å²) < 4.78 is 120. The minimum absolute atomic E-state index is 0.0145. The van der Waals surface area contributed by atoms with Crippen molar-refractivity contribution < 1.29 is 39.2 Å². The van der Waals surface area contributed by atoms with Crippen LogP contribution in [0, 0.1) is 13.8 Å². The van der Waals surface area contributed by atoms with E-state index in [0.29, 0.717) is 34.2 Å². The van der Waals surface area contributed by atoms with Gasteiger partial charge in [-0.15, -0.1) is 0 Å². The molecule has 0 aliphatic heterocycles. The molecule has 0 unspecified atom stereocenters. The Hall–Kier alpha value is -2.54. The SMILES string of the molecule is CCN(C)C=Nc1cc(C)c(N(c2ccc(C(F)(C(F)(F)F)C(F)(F)F)cc2C)S(C)(=O)=O)cc1Cl. The molecule has 0 saturated carbocycles. The summed E-state index contributed by atoms with van der Waals surface area (Å²) in [5.41, 5.74) is -7.38. The van der Waals surface area contributed by atoms with Gasteiger partial charge in [-0.25, -0.2) is 22.1 Å². The van der Waals surface area contributed by atoms with Gasteiger partial charge in [0.1, 0.15) is 0 Å². The van der Waals surface area contributed by atoms with Crippen LogP contribution >= 0.6 is 11.6 Å². The lowest BCUT2D eigenvalue weighted by Gasteiger charge is -2.32. The smallest absolute Gasteiger partial charge is 0.366 e. The van der Waals surface area contributed by atoms with E-state index in [1.807, 2.05) is 6.92 Å². The third-order valence-electron chi connectivity index (χ3n) is 5.30. The summed E-state index contributed by atoms with van der Waals surface area (Å²) in [6.07, 6.45) is -10.3. The van der Waals surface area contributed by atoms with Gasteiger partial charge >= 0.3 is 18.0 Å². The number of hydrogen-bond acceptors (Lipinski definition) is 3. The summed E-state index contributed by atoms with van der Waals surface area (Å²) in [5.74, 6) is 0. The largest absolute Gasteiger partial charge is 0.435 e. The van der Waals surface area contributed by atoms with Crippen LogP contribution in [-0.4, -0.2) is 51.9 Å². The van der Waals surface area contributed by atoms with Crippen molar-refractivity contribution in [2.75, 3.05) is 24.2 Å². The second kappa shape index (κ2) is 10.1. The minimum atomic E-state index is -6.30. The predicted molar refractivity (Wildman–Crippen MR) is 126 cm³/mol. The lowest BCUT2D eigenvalue weighted by molar-refractivity contribution is -0.348. The number of benzene rings is 2. The lowest BCUT2D eigenvalue weighted by Crippen LogP contribution is -2.50. The van der Waals surface area contributed by atoms with Crippen LogP contribution in [0.5, 0.6) is 0 Å². The van der Waals surface area contributed by atoms with Gasteiger partial charge in [-0.3, -0.25) is 0 Å². The van der Waals surface area contributed by atoms with Crippen molar-refractivity contribution in [3.63, 3.8) is 0 Å². The highest BCUT2D eigenvalue weighted by molar-refractivity contribution is 7.92. The van der Waals surface area contributed by atoms with Gasteiger partial charge in [0.2, 0.25) is 10.0 Å². The Kier molecular flexibility index (Phi) is 8.31. The topological polar surface area (TPSA) is 53.0 Å². The number of aliphatic imine (C=N–C) groups is 1. The quantitative estimate of drug-likeness (QED) is 0.209. The third-order valence-corrected chi connectivity index (χ3v) is 6.66. The first-order chi connectivity index (χ1) is 16.3. The maximum Gasteiger partial charge on any atom is 0.435 e. The van der Waals surface area contributed by atoms with Crippen molar-refractivity contribution in [2.24, 2.45) is 4.99 Å². The van der Waals surface area contributed by atoms with Crippen LogP contribution in [0.2, 0.25) is 5.02 Å². The first kappa shape index (κ1) is 29.7. The first-order valence-corrected chi connectivity index (χ1v) is 12.5. The highest BCUT2D eigenvalue weighted by atomic mass is 35.5. The zero-order valence-corrected chi connectivity index (χ0v) is 21.3. The number of hydrogen-bond donors (Lipinski definition) is 0. The van der Waals surface area contributed by atoms with Crippen LogP contribution in [-0.2, 0) is 15.7 Å². The van der Waals surface area contributed by atoms with Gasteiger partial charge in [-0.1, -0.05) is 23.7 Å². The van der Waals surface area contributed by atoms with Gasteiger partial charge in [0.15, 0.2) is 0 Å². The Bertz CT molecular complexity index is 1250. The van der Waals surface area contributed by atoms with E-state index in [-0.39, 0.29) is 28.0 Å². The third kappa shape index (κ3) is 5.72. The van der Waals surface area contributed by atoms with E-state index in [9.17, 15) is 39.2 Å². The average molecular weight is 562 g/mol. The minimum Gasteiger partial charge on any atom is -0.366 e. The Labute approximate surface area is 209 Å². The maximum atomic E-state index is 14.5. The number of sulfonamides is 1. The van der Waals surface area contributed by atoms with Gasteiger partial charge in [-0.05, 0) is 50.1 Å². The lowest BCUT2D eigenvalue weighted by atomic mass is 9.92. The Balaban J connectivity index is 2.71. The highest BCUT2D eigenvalue weighted by Gasteiger charge is 2.73. The number of aryl methyl sites for hydroxylation is 2. The summed E-state index contributed by atoms with van der Waals surface area (Å²) in [7, 11) is -2.43. The van der Waals surface area contributed by atoms with Crippen LogP contribution in [0.3, 0.4) is 0 Å². The predicted octanol–water partition coefficient (Wildman–Crippen LogP) is 6.96. The second-order valence-electron chi connectivity index (χ2n) is 8.09. The standard InChI is InChI=1S/C22H23ClF7N3O2S/c1-6-32(4)12-31-17-10-14(3)19(11-16(17)23)33(36(5,34)35)18-8-7-15(9-13(18)2)20(24,21(25,26)27)22(28,29)30/h7-12H,6H2,1-5H3. The number of alkyl halides is 7. The van der Waals surface area contributed by atoms with Gasteiger partial charge in [-0.2, -0.15) is 26.3 Å². The molecular weight excluding hydrogens is 539 g/mol. The molecule has 0 amide bonds. The summed E-state index contributed by atoms with van der Waals surface area (Å²) in [6, 6.07) is 4.00. The number of rotatable bonds is 7. The van der Waals surface area contributed by atoms with Gasteiger partial charge in [0, 0.05) is 19.2 Å². The molecule has 0 aliphatic carbocycles. The number of nitrogens with zero attached hydrogens (tertiary/aromatic N) is 3. The van der Waals surface area contributed by atoms with E-state index < -0.39 is 33.6 Å². The highest BCUT2D eigenvalue weighted by Crippen LogP contribution is 2.54. The summed E-state index contributed by atoms with van der Waals surface area (Å²) in [4.78, 5) is 5.97. The summed E-state index contributed by atoms with van der Waals surface area (Å²) in [5, 5.41) is 0.0381. The molecule has 0 heterocycles. The van der Waals surface area contributed by atoms with Crippen molar-refractivity contribution in [1.82, 2.24) is 4.90 Å². The zero-order chi connectivity index (χ0) is 27.9. The molecule has 0 saturated heterocycles. The zero-order valence-electron chi connectivity index (χ0n) is 19.8. The molecule has 0 aliphatic rings. The molecule has 2 rings (SSSR count). The normalized spacial score (nSPS) is 13.4. The molecule has 14 heteroatoms. The molecule has 2 aromatic carbocycles. The van der Waals surface area contributed by atoms with Crippen LogP contribution in [0.25, 0.3) is 0 Å². The fourth-order valence-corrected chi connectivity index (χ4v) is 4.61. The van der Waals surface area contributed by atoms with E-state index in [4.69, 9.17) is 11.6 Å². The average Bonchev–Trinajstić information content (AvgIpc) is 2.72. The molecular formula is C22H23ClF7N3O2S. The van der Waals surface area contributed by atoms with E-state index in [1.165, 1.54) is 25.4 Å². The molecule has 0 radical (unpaired) electrons. The van der Waals surface area contributed by atoms with Crippen molar-refractivity contribution in [2.45, 2.75) is 38.8 Å². The Morgan fingerprint density at radius 1 is 0.944 bits per heavy atom. The van der Waals surface area contributed by atoms with Crippen molar-refractivity contribution in [3.05, 3.63) is 52.0 Å². The Morgan fingerprint density at radius 3 is 1.92 bits per heavy atom. The molecule has 0 atom stereocenters. The summed E-state index contributed by atoms with van der Waals surface area (Å²) >= 11 is 6.28. The van der Waals surface area contributed by atoms with E-state index in [2.05, 4.69) is 4.99 Å². The van der Waals surface area contributed by atoms with Crippen LogP contribution in [0.4, 0.5) is 47.8 Å². The Morgan fingerprint density at radius 2 is 1.47 bits per heavy atom. The molecule has 0 N–H and O–H groups in total. The molecule has 2 aromatic rings. The maximum absolute atomic E-state index is 14.5. The van der Waals surface area contributed by atoms with Crippen LogP contribution in [0.15, 0.2) is 35.3 Å². The number of halogens is 8. The summed E-state index contributed by atoms with van der Waals surface area (Å²) in [6.45, 7) is 5.13. The molecule has 0 bridgehead atoms. The van der Waals surface area contributed by atoms with E-state index in [0.717, 1.165) is 13.2 Å². The molecule has 200 valence electrons. The van der Waals surface area contributed by atoms with E-state index in [1.54, 1.807) is 11.9 Å². The van der Waals surface area contributed by atoms with Crippen molar-refractivity contribution >= 4 is 45.0 Å². The van der Waals surface area contributed by atoms with E-state index >= 15 is 0 Å². The monoisotopic (exact) mass is 561 g/mol. The molecule has 0 spiro atoms. The fraction of sp³-hybridized carbons (Fsp3) is 0.409. The molecule has 36 heavy (non-hydrogen) atoms. The van der Waals surface area contributed by atoms with Crippen molar-refractivity contribution in [1.29, 1.82) is 0 Å². The van der Waals surface area contributed by atoms with Crippen LogP contribution in [0.1, 0.15) is 23.6 Å². The fourth-order valence-electron chi connectivity index (χ4n) is 3.29. The molecule has 5 nitrogen and oxygen atoms in total. The van der Waals surface area contributed by atoms with Crippen LogP contribution < -0.4 is 4.31 Å². The first-order valence-electron chi connectivity index (χ1n) is 10.2.